The first-order valence-electron chi connectivity index (χ1n) is 27.3. The Balaban J connectivity index is 0.832. The van der Waals surface area contributed by atoms with E-state index in [0.717, 1.165) is 101 Å². The molecule has 4 heterocycles. The van der Waals surface area contributed by atoms with Crippen LogP contribution in [0.1, 0.15) is 0 Å². The molecular formula is C76H50N4. The van der Waals surface area contributed by atoms with Gasteiger partial charge in [0, 0.05) is 56.4 Å². The van der Waals surface area contributed by atoms with Gasteiger partial charge in [-0.3, -0.25) is 9.97 Å². The third-order valence-corrected chi connectivity index (χ3v) is 15.9. The van der Waals surface area contributed by atoms with Gasteiger partial charge in [0.05, 0.1) is 33.5 Å². The summed E-state index contributed by atoms with van der Waals surface area (Å²) >= 11 is 0. The van der Waals surface area contributed by atoms with E-state index in [1.54, 1.807) is 0 Å². The smallest absolute Gasteiger partial charge is 0.0702 e. The highest BCUT2D eigenvalue weighted by atomic mass is 15.0. The van der Waals surface area contributed by atoms with E-state index in [0.29, 0.717) is 0 Å². The van der Waals surface area contributed by atoms with E-state index in [1.807, 2.05) is 24.5 Å². The zero-order chi connectivity index (χ0) is 52.9. The zero-order valence-corrected chi connectivity index (χ0v) is 43.7. The normalized spacial score (nSPS) is 11.5. The number of rotatable bonds is 10. The molecule has 0 N–H and O–H groups in total. The maximum Gasteiger partial charge on any atom is 0.0702 e. The maximum absolute atomic E-state index is 4.79. The first-order valence-corrected chi connectivity index (χ1v) is 27.3. The van der Waals surface area contributed by atoms with Gasteiger partial charge in [0.2, 0.25) is 0 Å². The number of fused-ring (bicyclic) bond motifs is 6. The van der Waals surface area contributed by atoms with Crippen LogP contribution in [0.2, 0.25) is 0 Å². The SMILES string of the molecule is c1ccc(-c2ccc(-c3ccccc3-c3cccc(-c4ccccc4-c4ccc(-c5ccccn5)cc4-c4ccc(-n5c6ccccc6c6ccccc65)cc4)c3)c(-c3ccc(-n4c5ccccc5c5ccccc54)cc3)c2)nc1. The van der Waals surface area contributed by atoms with E-state index < -0.39 is 0 Å². The summed E-state index contributed by atoms with van der Waals surface area (Å²) in [6.07, 6.45) is 3.74. The molecule has 4 nitrogen and oxygen atoms in total. The van der Waals surface area contributed by atoms with Crippen molar-refractivity contribution >= 4 is 43.6 Å². The molecule has 0 unspecified atom stereocenters. The Kier molecular flexibility index (Phi) is 11.5. The number of para-hydroxylation sites is 4. The Hall–Kier alpha value is -10.7. The summed E-state index contributed by atoms with van der Waals surface area (Å²) in [5, 5.41) is 5.00. The molecule has 0 saturated carbocycles. The van der Waals surface area contributed by atoms with Gasteiger partial charge in [-0.15, -0.1) is 0 Å². The Bertz CT molecular complexity index is 4390. The average molecular weight is 1020 g/mol. The Labute approximate surface area is 464 Å². The lowest BCUT2D eigenvalue weighted by Crippen LogP contribution is -1.95. The van der Waals surface area contributed by atoms with Gasteiger partial charge in [0.15, 0.2) is 0 Å². The predicted molar refractivity (Wildman–Crippen MR) is 334 cm³/mol. The van der Waals surface area contributed by atoms with Crippen LogP contribution < -0.4 is 0 Å². The maximum atomic E-state index is 4.79. The topological polar surface area (TPSA) is 35.6 Å². The Morgan fingerprint density at radius 1 is 0.200 bits per heavy atom. The zero-order valence-electron chi connectivity index (χ0n) is 43.7. The summed E-state index contributed by atoms with van der Waals surface area (Å²) in [6.45, 7) is 0. The highest BCUT2D eigenvalue weighted by Gasteiger charge is 2.20. The van der Waals surface area contributed by atoms with Crippen LogP contribution in [0.25, 0.3) is 144 Å². The van der Waals surface area contributed by atoms with E-state index in [1.165, 1.54) is 43.6 Å². The minimum atomic E-state index is 0.938. The molecule has 374 valence electrons. The minimum absolute atomic E-state index is 0.938. The molecule has 0 atom stereocenters. The third kappa shape index (κ3) is 8.09. The molecule has 0 amide bonds. The molecule has 0 saturated heterocycles. The molecule has 0 aliphatic heterocycles. The molecule has 0 aliphatic rings. The summed E-state index contributed by atoms with van der Waals surface area (Å²) in [5.74, 6) is 0. The molecule has 4 heteroatoms. The second kappa shape index (κ2) is 19.7. The van der Waals surface area contributed by atoms with E-state index in [9.17, 15) is 0 Å². The summed E-state index contributed by atoms with van der Waals surface area (Å²) in [5.41, 5.74) is 24.8. The van der Waals surface area contributed by atoms with Gasteiger partial charge in [-0.2, -0.15) is 0 Å². The highest BCUT2D eigenvalue weighted by molar-refractivity contribution is 6.10. The van der Waals surface area contributed by atoms with E-state index >= 15 is 0 Å². The van der Waals surface area contributed by atoms with Crippen LogP contribution in [0.4, 0.5) is 0 Å². The number of hydrogen-bond acceptors (Lipinski definition) is 2. The number of aromatic nitrogens is 4. The summed E-state index contributed by atoms with van der Waals surface area (Å²) in [4.78, 5) is 9.58. The van der Waals surface area contributed by atoms with Crippen LogP contribution in [-0.2, 0) is 0 Å². The van der Waals surface area contributed by atoms with Gasteiger partial charge in [-0.05, 0) is 158 Å². The molecule has 4 aromatic heterocycles. The fraction of sp³-hybridized carbons (Fsp3) is 0. The van der Waals surface area contributed by atoms with E-state index in [4.69, 9.17) is 9.97 Å². The van der Waals surface area contributed by atoms with Crippen molar-refractivity contribution in [3.63, 3.8) is 0 Å². The second-order valence-corrected chi connectivity index (χ2v) is 20.5. The average Bonchev–Trinajstić information content (AvgIpc) is 4.08. The highest BCUT2D eigenvalue weighted by Crippen LogP contribution is 2.45. The summed E-state index contributed by atoms with van der Waals surface area (Å²) in [7, 11) is 0. The van der Waals surface area contributed by atoms with Crippen molar-refractivity contribution in [1.29, 1.82) is 0 Å². The van der Waals surface area contributed by atoms with Gasteiger partial charge in [-0.1, -0.05) is 200 Å². The van der Waals surface area contributed by atoms with Gasteiger partial charge in [-0.25, -0.2) is 0 Å². The first kappa shape index (κ1) is 46.6. The molecular weight excluding hydrogens is 969 g/mol. The molecule has 0 aliphatic carbocycles. The Morgan fingerprint density at radius 3 is 0.900 bits per heavy atom. The molecule has 15 rings (SSSR count). The van der Waals surface area contributed by atoms with Crippen molar-refractivity contribution < 1.29 is 0 Å². The fourth-order valence-corrected chi connectivity index (χ4v) is 12.2. The van der Waals surface area contributed by atoms with Crippen LogP contribution in [0.3, 0.4) is 0 Å². The summed E-state index contributed by atoms with van der Waals surface area (Å²) in [6, 6.07) is 105. The van der Waals surface area contributed by atoms with Crippen molar-refractivity contribution in [2.75, 3.05) is 0 Å². The van der Waals surface area contributed by atoms with E-state index in [2.05, 4.69) is 288 Å². The first-order chi connectivity index (χ1) is 39.7. The van der Waals surface area contributed by atoms with Gasteiger partial charge < -0.3 is 9.13 Å². The van der Waals surface area contributed by atoms with Crippen molar-refractivity contribution in [3.05, 3.63) is 304 Å². The number of pyridine rings is 2. The van der Waals surface area contributed by atoms with Gasteiger partial charge in [0.1, 0.15) is 0 Å². The van der Waals surface area contributed by atoms with Gasteiger partial charge >= 0.3 is 0 Å². The lowest BCUT2D eigenvalue weighted by Gasteiger charge is -2.19. The molecule has 80 heavy (non-hydrogen) atoms. The molecule has 11 aromatic carbocycles. The number of nitrogens with zero attached hydrogens (tertiary/aromatic N) is 4. The van der Waals surface area contributed by atoms with Crippen molar-refractivity contribution in [3.8, 4) is 101 Å². The fourth-order valence-electron chi connectivity index (χ4n) is 12.2. The lowest BCUT2D eigenvalue weighted by atomic mass is 9.86. The van der Waals surface area contributed by atoms with Crippen LogP contribution >= 0.6 is 0 Å². The standard InChI is InChI=1S/C76H50N4/c1-3-22-61(63-44-38-55(71-28-13-15-46-77-71)49-69(63)51-34-40-57(41-35-51)79-73-30-9-5-24-65(73)66-25-6-10-31-74(66)79)59(20-1)53-18-17-19-54(48-53)60-21-2-4-23-62(60)64-45-39-56(72-29-14-16-47-78-72)50-70(64)52-36-42-58(43-37-52)80-75-32-11-7-26-67(75)68-27-8-12-33-76(68)80/h1-50H. The quantitative estimate of drug-likeness (QED) is 0.137. The largest absolute Gasteiger partial charge is 0.309 e. The van der Waals surface area contributed by atoms with Crippen LogP contribution in [0.5, 0.6) is 0 Å². The van der Waals surface area contributed by atoms with Crippen LogP contribution in [-0.4, -0.2) is 19.1 Å². The van der Waals surface area contributed by atoms with Crippen LogP contribution in [0.15, 0.2) is 304 Å². The van der Waals surface area contributed by atoms with Crippen molar-refractivity contribution in [2.24, 2.45) is 0 Å². The van der Waals surface area contributed by atoms with Gasteiger partial charge in [0.25, 0.3) is 0 Å². The molecule has 0 bridgehead atoms. The Morgan fingerprint density at radius 2 is 0.525 bits per heavy atom. The van der Waals surface area contributed by atoms with E-state index in [-0.39, 0.29) is 0 Å². The minimum Gasteiger partial charge on any atom is -0.309 e. The lowest BCUT2D eigenvalue weighted by molar-refractivity contribution is 1.18. The number of benzene rings is 11. The molecule has 0 fully saturated rings. The molecule has 0 spiro atoms. The molecule has 15 aromatic rings. The van der Waals surface area contributed by atoms with Crippen LogP contribution in [0, 0.1) is 0 Å². The predicted octanol–water partition coefficient (Wildman–Crippen LogP) is 20.0. The van der Waals surface area contributed by atoms with Crippen molar-refractivity contribution in [1.82, 2.24) is 19.1 Å². The second-order valence-electron chi connectivity index (χ2n) is 20.5. The molecule has 0 radical (unpaired) electrons. The summed E-state index contributed by atoms with van der Waals surface area (Å²) < 4.78 is 4.76. The third-order valence-electron chi connectivity index (χ3n) is 15.9. The van der Waals surface area contributed by atoms with Crippen molar-refractivity contribution in [2.45, 2.75) is 0 Å². The number of hydrogen-bond donors (Lipinski definition) is 0. The monoisotopic (exact) mass is 1020 g/mol.